The molecule has 1 N–H and O–H groups in total. The van der Waals surface area contributed by atoms with Crippen molar-refractivity contribution in [2.75, 3.05) is 18.1 Å². The van der Waals surface area contributed by atoms with Crippen LogP contribution in [0.2, 0.25) is 0 Å². The lowest BCUT2D eigenvalue weighted by atomic mass is 10.1. The van der Waals surface area contributed by atoms with Crippen LogP contribution in [-0.4, -0.2) is 33.7 Å². The molecule has 0 amide bonds. The van der Waals surface area contributed by atoms with Crippen LogP contribution in [0.4, 0.5) is 5.13 Å². The number of nitrogens with zero attached hydrogens (tertiary/aromatic N) is 3. The van der Waals surface area contributed by atoms with Gasteiger partial charge in [0.25, 0.3) is 0 Å². The highest BCUT2D eigenvalue weighted by Gasteiger charge is 2.31. The molecule has 17 heavy (non-hydrogen) atoms. The number of anilines is 1. The lowest BCUT2D eigenvalue weighted by Crippen LogP contribution is -2.29. The summed E-state index contributed by atoms with van der Waals surface area (Å²) in [6.07, 6.45) is 6.99. The van der Waals surface area contributed by atoms with E-state index in [9.17, 15) is 0 Å². The Hall–Kier alpha value is -0.680. The summed E-state index contributed by atoms with van der Waals surface area (Å²) in [5.41, 5.74) is 0. The van der Waals surface area contributed by atoms with E-state index in [1.165, 1.54) is 25.7 Å². The van der Waals surface area contributed by atoms with Gasteiger partial charge in [-0.1, -0.05) is 0 Å². The first-order valence-electron chi connectivity index (χ1n) is 6.59. The van der Waals surface area contributed by atoms with E-state index in [2.05, 4.69) is 14.3 Å². The largest absolute Gasteiger partial charge is 0.396 e. The predicted molar refractivity (Wildman–Crippen MR) is 68.6 cm³/mol. The van der Waals surface area contributed by atoms with Gasteiger partial charge in [-0.05, 0) is 38.5 Å². The smallest absolute Gasteiger partial charge is 0.205 e. The third-order valence-corrected chi connectivity index (χ3v) is 4.46. The van der Waals surface area contributed by atoms with Crippen LogP contribution in [0.5, 0.6) is 0 Å². The summed E-state index contributed by atoms with van der Waals surface area (Å²) in [4.78, 5) is 7.09. The average molecular weight is 253 g/mol. The number of rotatable bonds is 5. The van der Waals surface area contributed by atoms with Gasteiger partial charge in [0.05, 0.1) is 0 Å². The molecule has 1 aliphatic carbocycles. The van der Waals surface area contributed by atoms with Crippen molar-refractivity contribution >= 4 is 16.7 Å². The van der Waals surface area contributed by atoms with Crippen LogP contribution in [0.15, 0.2) is 0 Å². The SMILES string of the molecule is OCCCC1CCCN1c1nc(C2CC2)ns1. The summed E-state index contributed by atoms with van der Waals surface area (Å²) in [6.45, 7) is 1.41. The molecule has 1 atom stereocenters. The minimum absolute atomic E-state index is 0.299. The van der Waals surface area contributed by atoms with E-state index in [-0.39, 0.29) is 0 Å². The van der Waals surface area contributed by atoms with Crippen LogP contribution in [-0.2, 0) is 0 Å². The zero-order chi connectivity index (χ0) is 11.7. The number of hydrogen-bond acceptors (Lipinski definition) is 5. The third kappa shape index (κ3) is 2.45. The van der Waals surface area contributed by atoms with Gasteiger partial charge in [-0.3, -0.25) is 0 Å². The minimum Gasteiger partial charge on any atom is -0.396 e. The van der Waals surface area contributed by atoms with Crippen LogP contribution in [0.25, 0.3) is 0 Å². The molecule has 1 saturated carbocycles. The van der Waals surface area contributed by atoms with Gasteiger partial charge in [-0.15, -0.1) is 0 Å². The second-order valence-electron chi connectivity index (χ2n) is 5.06. The molecule has 94 valence electrons. The normalized spacial score (nSPS) is 24.5. The van der Waals surface area contributed by atoms with Crippen LogP contribution in [0.1, 0.15) is 50.3 Å². The molecule has 0 spiro atoms. The first-order valence-corrected chi connectivity index (χ1v) is 7.37. The summed E-state index contributed by atoms with van der Waals surface area (Å²) in [6, 6.07) is 0.571. The van der Waals surface area contributed by atoms with E-state index in [0.29, 0.717) is 18.6 Å². The Labute approximate surface area is 106 Å². The Morgan fingerprint density at radius 3 is 3.00 bits per heavy atom. The predicted octanol–water partition coefficient (Wildman–Crippen LogP) is 2.16. The van der Waals surface area contributed by atoms with E-state index in [1.807, 2.05) is 0 Å². The molecule has 0 radical (unpaired) electrons. The molecule has 1 aromatic rings. The Bertz CT molecular complexity index is 378. The summed E-state index contributed by atoms with van der Waals surface area (Å²) in [5.74, 6) is 1.72. The molecule has 2 heterocycles. The van der Waals surface area contributed by atoms with Crippen molar-refractivity contribution in [1.82, 2.24) is 9.36 Å². The fourth-order valence-electron chi connectivity index (χ4n) is 2.57. The highest BCUT2D eigenvalue weighted by molar-refractivity contribution is 7.09. The van der Waals surface area contributed by atoms with Gasteiger partial charge < -0.3 is 10.0 Å². The fourth-order valence-corrected chi connectivity index (χ4v) is 3.41. The molecule has 4 nitrogen and oxygen atoms in total. The van der Waals surface area contributed by atoms with Crippen molar-refractivity contribution in [2.24, 2.45) is 0 Å². The highest BCUT2D eigenvalue weighted by Crippen LogP contribution is 2.40. The first-order chi connectivity index (χ1) is 8.38. The fraction of sp³-hybridized carbons (Fsp3) is 0.833. The van der Waals surface area contributed by atoms with Crippen molar-refractivity contribution in [3.63, 3.8) is 0 Å². The van der Waals surface area contributed by atoms with Gasteiger partial charge in [0.1, 0.15) is 5.82 Å². The topological polar surface area (TPSA) is 49.2 Å². The van der Waals surface area contributed by atoms with Crippen LogP contribution >= 0.6 is 11.5 Å². The van der Waals surface area contributed by atoms with E-state index < -0.39 is 0 Å². The molecular weight excluding hydrogens is 234 g/mol. The van der Waals surface area contributed by atoms with Crippen LogP contribution in [0, 0.1) is 0 Å². The van der Waals surface area contributed by atoms with E-state index in [1.54, 1.807) is 11.5 Å². The number of aliphatic hydroxyl groups excluding tert-OH is 1. The number of hydrogen-bond donors (Lipinski definition) is 1. The summed E-state index contributed by atoms with van der Waals surface area (Å²) in [7, 11) is 0. The Balaban J connectivity index is 1.67. The monoisotopic (exact) mass is 253 g/mol. The van der Waals surface area contributed by atoms with Crippen molar-refractivity contribution in [3.05, 3.63) is 5.82 Å². The van der Waals surface area contributed by atoms with Gasteiger partial charge >= 0.3 is 0 Å². The highest BCUT2D eigenvalue weighted by atomic mass is 32.1. The number of aliphatic hydroxyl groups is 1. The molecule has 5 heteroatoms. The molecule has 2 fully saturated rings. The zero-order valence-corrected chi connectivity index (χ0v) is 10.8. The molecule has 2 aliphatic rings. The molecule has 1 aliphatic heterocycles. The van der Waals surface area contributed by atoms with E-state index in [0.717, 1.165) is 30.3 Å². The first kappa shape index (κ1) is 11.4. The molecule has 1 aromatic heterocycles. The molecule has 0 aromatic carbocycles. The standard InChI is InChI=1S/C12H19N3OS/c16-8-2-4-10-3-1-7-15(10)12-13-11(14-17-12)9-5-6-9/h9-10,16H,1-8H2. The molecule has 1 saturated heterocycles. The van der Waals surface area contributed by atoms with Crippen LogP contribution < -0.4 is 4.90 Å². The maximum Gasteiger partial charge on any atom is 0.205 e. The van der Waals surface area contributed by atoms with E-state index in [4.69, 9.17) is 5.11 Å². The van der Waals surface area contributed by atoms with Crippen LogP contribution in [0.3, 0.4) is 0 Å². The summed E-state index contributed by atoms with van der Waals surface area (Å²) in [5, 5.41) is 10.0. The molecule has 1 unspecified atom stereocenters. The van der Waals surface area contributed by atoms with Gasteiger partial charge in [-0.25, -0.2) is 4.98 Å². The van der Waals surface area contributed by atoms with Gasteiger partial charge in [-0.2, -0.15) is 4.37 Å². The van der Waals surface area contributed by atoms with Crippen molar-refractivity contribution in [1.29, 1.82) is 0 Å². The van der Waals surface area contributed by atoms with Crippen molar-refractivity contribution < 1.29 is 5.11 Å². The second kappa shape index (κ2) is 4.90. The molecule has 3 rings (SSSR count). The van der Waals surface area contributed by atoms with Gasteiger partial charge in [0, 0.05) is 36.6 Å². The zero-order valence-electron chi connectivity index (χ0n) is 10.0. The molecule has 0 bridgehead atoms. The Morgan fingerprint density at radius 2 is 2.24 bits per heavy atom. The lowest BCUT2D eigenvalue weighted by Gasteiger charge is -2.23. The Kier molecular flexibility index (Phi) is 3.29. The number of aromatic nitrogens is 2. The summed E-state index contributed by atoms with van der Waals surface area (Å²) >= 11 is 1.55. The minimum atomic E-state index is 0.299. The van der Waals surface area contributed by atoms with E-state index >= 15 is 0 Å². The van der Waals surface area contributed by atoms with Gasteiger partial charge in [0.2, 0.25) is 5.13 Å². The molecular formula is C12H19N3OS. The lowest BCUT2D eigenvalue weighted by molar-refractivity contribution is 0.279. The third-order valence-electron chi connectivity index (χ3n) is 3.69. The summed E-state index contributed by atoms with van der Waals surface area (Å²) < 4.78 is 4.48. The maximum atomic E-state index is 8.92. The maximum absolute atomic E-state index is 8.92. The quantitative estimate of drug-likeness (QED) is 0.873. The average Bonchev–Trinajstić information content (AvgIpc) is 2.92. The Morgan fingerprint density at radius 1 is 1.35 bits per heavy atom. The van der Waals surface area contributed by atoms with Crippen molar-refractivity contribution in [3.8, 4) is 0 Å². The second-order valence-corrected chi connectivity index (χ2v) is 5.80. The van der Waals surface area contributed by atoms with Crippen molar-refractivity contribution in [2.45, 2.75) is 50.5 Å². The van der Waals surface area contributed by atoms with Gasteiger partial charge in [0.15, 0.2) is 0 Å².